The Morgan fingerprint density at radius 1 is 1.12 bits per heavy atom. The summed E-state index contributed by atoms with van der Waals surface area (Å²) in [6, 6.07) is 0.700. The lowest BCUT2D eigenvalue weighted by molar-refractivity contribution is -0.144. The molecule has 0 radical (unpaired) electrons. The Kier molecular flexibility index (Phi) is 6.00. The fourth-order valence-corrected chi connectivity index (χ4v) is 3.65. The summed E-state index contributed by atoms with van der Waals surface area (Å²) >= 11 is 0. The lowest BCUT2D eigenvalue weighted by Crippen LogP contribution is -2.56. The van der Waals surface area contributed by atoms with Gasteiger partial charge in [-0.15, -0.1) is 0 Å². The summed E-state index contributed by atoms with van der Waals surface area (Å²) in [5, 5.41) is 5.60. The standard InChI is InChI=1S/C19H22F3N7O3/c1-12-9-23-18(24-10-12)28-4-2-27(3-5-28)17(31)14-11-29(6-7-32-14)15-8-13(19(20,21)22)16(30)26-25-15/h8-10,14H,2-7,11H2,1H3,(H,26,30)/t14-/m0/s1. The monoisotopic (exact) mass is 453 g/mol. The second-order valence-corrected chi connectivity index (χ2v) is 7.64. The number of hydrogen-bond acceptors (Lipinski definition) is 8. The molecule has 0 bridgehead atoms. The number of amides is 1. The number of H-pyrrole nitrogens is 1. The number of alkyl halides is 3. The highest BCUT2D eigenvalue weighted by atomic mass is 19.4. The van der Waals surface area contributed by atoms with Gasteiger partial charge in [0.25, 0.3) is 11.5 Å². The van der Waals surface area contributed by atoms with E-state index in [0.29, 0.717) is 38.2 Å². The molecular formula is C19H22F3N7O3. The van der Waals surface area contributed by atoms with Crippen LogP contribution in [0.5, 0.6) is 0 Å². The Labute approximate surface area is 181 Å². The summed E-state index contributed by atoms with van der Waals surface area (Å²) in [6.07, 6.45) is -2.17. The number of rotatable bonds is 3. The summed E-state index contributed by atoms with van der Waals surface area (Å²) in [6.45, 7) is 4.35. The Hall–Kier alpha value is -3.22. The first-order chi connectivity index (χ1) is 15.2. The van der Waals surface area contributed by atoms with E-state index in [-0.39, 0.29) is 31.4 Å². The number of nitrogens with zero attached hydrogens (tertiary/aromatic N) is 6. The fraction of sp³-hybridized carbons (Fsp3) is 0.526. The Balaban J connectivity index is 1.39. The number of carbonyl (C=O) groups is 1. The van der Waals surface area contributed by atoms with E-state index in [0.717, 1.165) is 5.56 Å². The van der Waals surface area contributed by atoms with Gasteiger partial charge in [-0.3, -0.25) is 9.59 Å². The lowest BCUT2D eigenvalue weighted by Gasteiger charge is -2.39. The number of aromatic nitrogens is 4. The molecule has 1 N–H and O–H groups in total. The predicted octanol–water partition coefficient (Wildman–Crippen LogP) is 0.441. The van der Waals surface area contributed by atoms with Gasteiger partial charge >= 0.3 is 6.18 Å². The van der Waals surface area contributed by atoms with Gasteiger partial charge in [0.1, 0.15) is 11.4 Å². The molecule has 0 spiro atoms. The van der Waals surface area contributed by atoms with E-state index >= 15 is 0 Å². The molecule has 1 amide bonds. The largest absolute Gasteiger partial charge is 0.421 e. The highest BCUT2D eigenvalue weighted by Gasteiger charge is 2.37. The minimum absolute atomic E-state index is 0.0382. The second-order valence-electron chi connectivity index (χ2n) is 7.64. The molecule has 4 rings (SSSR count). The first-order valence-corrected chi connectivity index (χ1v) is 10.1. The molecule has 2 aromatic heterocycles. The van der Waals surface area contributed by atoms with Crippen LogP contribution in [0, 0.1) is 6.92 Å². The number of piperazine rings is 1. The normalized spacial score (nSPS) is 19.9. The smallest absolute Gasteiger partial charge is 0.365 e. The van der Waals surface area contributed by atoms with Gasteiger partial charge in [0.15, 0.2) is 6.10 Å². The maximum absolute atomic E-state index is 13.1. The summed E-state index contributed by atoms with van der Waals surface area (Å²) in [4.78, 5) is 38.2. The number of ether oxygens (including phenoxy) is 1. The molecule has 2 aliphatic rings. The average Bonchev–Trinajstić information content (AvgIpc) is 2.79. The number of carbonyl (C=O) groups excluding carboxylic acids is 1. The Bertz CT molecular complexity index is 1020. The zero-order valence-corrected chi connectivity index (χ0v) is 17.3. The zero-order valence-electron chi connectivity index (χ0n) is 17.3. The van der Waals surface area contributed by atoms with Crippen molar-refractivity contribution in [3.05, 3.63) is 39.9 Å². The molecule has 2 aliphatic heterocycles. The van der Waals surface area contributed by atoms with Crippen LogP contribution in [0.2, 0.25) is 0 Å². The zero-order chi connectivity index (χ0) is 22.9. The van der Waals surface area contributed by atoms with Gasteiger partial charge in [0.2, 0.25) is 5.95 Å². The first-order valence-electron chi connectivity index (χ1n) is 10.1. The molecule has 0 aromatic carbocycles. The van der Waals surface area contributed by atoms with Gasteiger partial charge in [0, 0.05) is 51.2 Å². The third-order valence-electron chi connectivity index (χ3n) is 5.40. The molecule has 10 nitrogen and oxygen atoms in total. The highest BCUT2D eigenvalue weighted by Crippen LogP contribution is 2.28. The van der Waals surface area contributed by atoms with Crippen molar-refractivity contribution in [3.63, 3.8) is 0 Å². The van der Waals surface area contributed by atoms with Crippen LogP contribution in [0.3, 0.4) is 0 Å². The topological polar surface area (TPSA) is 108 Å². The maximum Gasteiger partial charge on any atom is 0.421 e. The molecule has 4 heterocycles. The molecule has 32 heavy (non-hydrogen) atoms. The van der Waals surface area contributed by atoms with Crippen molar-refractivity contribution < 1.29 is 22.7 Å². The van der Waals surface area contributed by atoms with E-state index in [1.165, 1.54) is 4.90 Å². The van der Waals surface area contributed by atoms with Gasteiger partial charge in [-0.05, 0) is 12.5 Å². The molecular weight excluding hydrogens is 431 g/mol. The van der Waals surface area contributed by atoms with Gasteiger partial charge < -0.3 is 19.4 Å². The number of aryl methyl sites for hydroxylation is 1. The van der Waals surface area contributed by atoms with E-state index in [9.17, 15) is 22.8 Å². The number of halogens is 3. The third-order valence-corrected chi connectivity index (χ3v) is 5.40. The van der Waals surface area contributed by atoms with E-state index in [2.05, 4.69) is 15.1 Å². The minimum Gasteiger partial charge on any atom is -0.365 e. The van der Waals surface area contributed by atoms with Gasteiger partial charge in [-0.1, -0.05) is 0 Å². The van der Waals surface area contributed by atoms with E-state index < -0.39 is 23.4 Å². The molecule has 1 atom stereocenters. The van der Waals surface area contributed by atoms with Crippen molar-refractivity contribution in [2.24, 2.45) is 0 Å². The molecule has 2 saturated heterocycles. The van der Waals surface area contributed by atoms with Crippen LogP contribution in [0.15, 0.2) is 23.3 Å². The number of aromatic amines is 1. The molecule has 13 heteroatoms. The van der Waals surface area contributed by atoms with Crippen LogP contribution < -0.4 is 15.4 Å². The first kappa shape index (κ1) is 22.0. The number of morpholine rings is 1. The molecule has 0 aliphatic carbocycles. The fourth-order valence-electron chi connectivity index (χ4n) is 3.65. The van der Waals surface area contributed by atoms with E-state index in [1.807, 2.05) is 16.9 Å². The minimum atomic E-state index is -4.80. The van der Waals surface area contributed by atoms with Gasteiger partial charge in [0.05, 0.1) is 13.2 Å². The number of anilines is 2. The molecule has 0 unspecified atom stereocenters. The van der Waals surface area contributed by atoms with Crippen LogP contribution in [0.25, 0.3) is 0 Å². The summed E-state index contributed by atoms with van der Waals surface area (Å²) in [5.41, 5.74) is -1.68. The SMILES string of the molecule is Cc1cnc(N2CCN(C(=O)[C@@H]3CN(c4cc(C(F)(F)F)c(=O)[nH]n4)CCO3)CC2)nc1. The summed E-state index contributed by atoms with van der Waals surface area (Å²) < 4.78 is 44.8. The van der Waals surface area contributed by atoms with Crippen LogP contribution in [-0.2, 0) is 15.7 Å². The van der Waals surface area contributed by atoms with Crippen molar-refractivity contribution in [1.82, 2.24) is 25.1 Å². The van der Waals surface area contributed by atoms with Crippen LogP contribution in [-0.4, -0.2) is 83.0 Å². The summed E-state index contributed by atoms with van der Waals surface area (Å²) in [7, 11) is 0. The highest BCUT2D eigenvalue weighted by molar-refractivity contribution is 5.82. The van der Waals surface area contributed by atoms with Crippen molar-refractivity contribution in [2.45, 2.75) is 19.2 Å². The van der Waals surface area contributed by atoms with E-state index in [1.54, 1.807) is 17.3 Å². The maximum atomic E-state index is 13.1. The molecule has 172 valence electrons. The average molecular weight is 453 g/mol. The quantitative estimate of drug-likeness (QED) is 0.714. The second kappa shape index (κ2) is 8.73. The summed E-state index contributed by atoms with van der Waals surface area (Å²) in [5.74, 6) is 0.311. The lowest BCUT2D eigenvalue weighted by atomic mass is 10.2. The number of nitrogens with one attached hydrogen (secondary N) is 1. The third kappa shape index (κ3) is 4.66. The van der Waals surface area contributed by atoms with Crippen molar-refractivity contribution >= 4 is 17.7 Å². The van der Waals surface area contributed by atoms with Crippen molar-refractivity contribution in [1.29, 1.82) is 0 Å². The van der Waals surface area contributed by atoms with Crippen LogP contribution in [0.4, 0.5) is 24.9 Å². The van der Waals surface area contributed by atoms with Crippen molar-refractivity contribution in [3.8, 4) is 0 Å². The van der Waals surface area contributed by atoms with Gasteiger partial charge in [-0.2, -0.15) is 18.3 Å². The number of hydrogen-bond donors (Lipinski definition) is 1. The predicted molar refractivity (Wildman–Crippen MR) is 107 cm³/mol. The van der Waals surface area contributed by atoms with Crippen LogP contribution in [0.1, 0.15) is 11.1 Å². The molecule has 2 aromatic rings. The van der Waals surface area contributed by atoms with Crippen LogP contribution >= 0.6 is 0 Å². The van der Waals surface area contributed by atoms with Crippen molar-refractivity contribution in [2.75, 3.05) is 55.7 Å². The van der Waals surface area contributed by atoms with E-state index in [4.69, 9.17) is 4.74 Å². The molecule has 0 saturated carbocycles. The Morgan fingerprint density at radius 2 is 1.81 bits per heavy atom. The molecule has 2 fully saturated rings. The van der Waals surface area contributed by atoms with Gasteiger partial charge in [-0.25, -0.2) is 15.1 Å². The Morgan fingerprint density at radius 3 is 2.47 bits per heavy atom.